The number of aliphatic carboxylic acids is 1. The van der Waals surface area contributed by atoms with E-state index >= 15 is 0 Å². The normalized spacial score (nSPS) is 27.9. The lowest BCUT2D eigenvalue weighted by Crippen LogP contribution is -2.35. The molecule has 2 atom stereocenters. The van der Waals surface area contributed by atoms with Gasteiger partial charge >= 0.3 is 5.97 Å². The standard InChI is InChI=1S/C8H15NO2/c1-6(8(10)11)7-3-2-4-9-5-7/h6-7,9H,2-5H2,1H3,(H,10,11)/t6-,7?/m1/s1. The Hall–Kier alpha value is -0.570. The summed E-state index contributed by atoms with van der Waals surface area (Å²) in [6.07, 6.45) is 2.17. The molecule has 0 aromatic rings. The summed E-state index contributed by atoms with van der Waals surface area (Å²) in [5.41, 5.74) is 0. The molecule has 1 rings (SSSR count). The maximum Gasteiger partial charge on any atom is 0.306 e. The minimum Gasteiger partial charge on any atom is -0.481 e. The van der Waals surface area contributed by atoms with Gasteiger partial charge in [-0.2, -0.15) is 0 Å². The van der Waals surface area contributed by atoms with E-state index in [4.69, 9.17) is 5.11 Å². The Balaban J connectivity index is 2.38. The van der Waals surface area contributed by atoms with Crippen molar-refractivity contribution in [1.29, 1.82) is 0 Å². The van der Waals surface area contributed by atoms with E-state index in [0.717, 1.165) is 25.9 Å². The molecule has 0 amide bonds. The van der Waals surface area contributed by atoms with Gasteiger partial charge in [0.15, 0.2) is 0 Å². The Bertz CT molecular complexity index is 141. The maximum atomic E-state index is 10.6. The fourth-order valence-corrected chi connectivity index (χ4v) is 1.51. The fraction of sp³-hybridized carbons (Fsp3) is 0.875. The molecule has 1 fully saturated rings. The van der Waals surface area contributed by atoms with Crippen molar-refractivity contribution in [3.63, 3.8) is 0 Å². The molecule has 1 unspecified atom stereocenters. The molecule has 1 aliphatic rings. The van der Waals surface area contributed by atoms with Crippen molar-refractivity contribution in [1.82, 2.24) is 5.32 Å². The summed E-state index contributed by atoms with van der Waals surface area (Å²) in [6.45, 7) is 3.70. The van der Waals surface area contributed by atoms with Crippen molar-refractivity contribution in [2.24, 2.45) is 11.8 Å². The number of carbonyl (C=O) groups is 1. The van der Waals surface area contributed by atoms with Crippen LogP contribution < -0.4 is 5.32 Å². The van der Waals surface area contributed by atoms with Crippen LogP contribution >= 0.6 is 0 Å². The molecule has 1 saturated heterocycles. The molecule has 1 aliphatic heterocycles. The molecular formula is C8H15NO2. The highest BCUT2D eigenvalue weighted by atomic mass is 16.4. The molecule has 0 spiro atoms. The predicted octanol–water partition coefficient (Wildman–Crippen LogP) is 0.707. The summed E-state index contributed by atoms with van der Waals surface area (Å²) in [5, 5.41) is 11.9. The summed E-state index contributed by atoms with van der Waals surface area (Å²) >= 11 is 0. The second kappa shape index (κ2) is 3.72. The van der Waals surface area contributed by atoms with E-state index in [0.29, 0.717) is 5.92 Å². The quantitative estimate of drug-likeness (QED) is 0.620. The molecule has 3 nitrogen and oxygen atoms in total. The smallest absolute Gasteiger partial charge is 0.306 e. The van der Waals surface area contributed by atoms with E-state index in [2.05, 4.69) is 5.32 Å². The van der Waals surface area contributed by atoms with Gasteiger partial charge in [0, 0.05) is 0 Å². The third kappa shape index (κ3) is 2.19. The molecule has 64 valence electrons. The lowest BCUT2D eigenvalue weighted by atomic mass is 9.88. The number of rotatable bonds is 2. The molecule has 0 aliphatic carbocycles. The van der Waals surface area contributed by atoms with Crippen LogP contribution in [0.4, 0.5) is 0 Å². The van der Waals surface area contributed by atoms with E-state index in [1.807, 2.05) is 0 Å². The lowest BCUT2D eigenvalue weighted by Gasteiger charge is -2.25. The largest absolute Gasteiger partial charge is 0.481 e. The zero-order valence-electron chi connectivity index (χ0n) is 6.84. The van der Waals surface area contributed by atoms with Crippen LogP contribution in [-0.4, -0.2) is 24.2 Å². The summed E-state index contributed by atoms with van der Waals surface area (Å²) in [4.78, 5) is 10.6. The molecule has 2 N–H and O–H groups in total. The van der Waals surface area contributed by atoms with Crippen LogP contribution in [0.3, 0.4) is 0 Å². The van der Waals surface area contributed by atoms with Gasteiger partial charge in [0.2, 0.25) is 0 Å². The second-order valence-electron chi connectivity index (χ2n) is 3.23. The van der Waals surface area contributed by atoms with Crippen molar-refractivity contribution in [3.05, 3.63) is 0 Å². The van der Waals surface area contributed by atoms with Crippen molar-refractivity contribution in [2.45, 2.75) is 19.8 Å². The Morgan fingerprint density at radius 1 is 1.73 bits per heavy atom. The molecule has 0 aromatic heterocycles. The van der Waals surface area contributed by atoms with Crippen LogP contribution in [0.15, 0.2) is 0 Å². The molecule has 0 bridgehead atoms. The zero-order valence-corrected chi connectivity index (χ0v) is 6.84. The third-order valence-corrected chi connectivity index (χ3v) is 2.43. The molecule has 0 aromatic carbocycles. The number of hydrogen-bond donors (Lipinski definition) is 2. The number of nitrogens with one attached hydrogen (secondary N) is 1. The molecule has 0 saturated carbocycles. The first kappa shape index (κ1) is 8.53. The van der Waals surface area contributed by atoms with Gasteiger partial charge in [0.05, 0.1) is 5.92 Å². The highest BCUT2D eigenvalue weighted by Gasteiger charge is 2.24. The van der Waals surface area contributed by atoms with E-state index in [1.54, 1.807) is 6.92 Å². The van der Waals surface area contributed by atoms with Crippen LogP contribution in [-0.2, 0) is 4.79 Å². The van der Waals surface area contributed by atoms with Gasteiger partial charge < -0.3 is 10.4 Å². The fourth-order valence-electron chi connectivity index (χ4n) is 1.51. The first-order chi connectivity index (χ1) is 5.22. The van der Waals surface area contributed by atoms with Crippen LogP contribution in [0.2, 0.25) is 0 Å². The first-order valence-electron chi connectivity index (χ1n) is 4.15. The van der Waals surface area contributed by atoms with Gasteiger partial charge in [-0.3, -0.25) is 4.79 Å². The van der Waals surface area contributed by atoms with Crippen molar-refractivity contribution < 1.29 is 9.90 Å². The van der Waals surface area contributed by atoms with Crippen LogP contribution in [0.5, 0.6) is 0 Å². The summed E-state index contributed by atoms with van der Waals surface area (Å²) < 4.78 is 0. The van der Waals surface area contributed by atoms with E-state index in [1.165, 1.54) is 0 Å². The zero-order chi connectivity index (χ0) is 8.27. The average molecular weight is 157 g/mol. The Kier molecular flexibility index (Phi) is 2.88. The predicted molar refractivity (Wildman–Crippen MR) is 42.4 cm³/mol. The van der Waals surface area contributed by atoms with Crippen LogP contribution in [0, 0.1) is 11.8 Å². The van der Waals surface area contributed by atoms with Crippen molar-refractivity contribution in [2.75, 3.05) is 13.1 Å². The molecule has 0 radical (unpaired) electrons. The van der Waals surface area contributed by atoms with E-state index < -0.39 is 5.97 Å². The number of carboxylic acid groups (broad SMARTS) is 1. The topological polar surface area (TPSA) is 49.3 Å². The van der Waals surface area contributed by atoms with E-state index in [-0.39, 0.29) is 5.92 Å². The van der Waals surface area contributed by atoms with Gasteiger partial charge in [-0.1, -0.05) is 6.92 Å². The maximum absolute atomic E-state index is 10.6. The Labute approximate surface area is 66.8 Å². The minimum absolute atomic E-state index is 0.192. The summed E-state index contributed by atoms with van der Waals surface area (Å²) in [5.74, 6) is -0.525. The number of piperidine rings is 1. The number of carboxylic acids is 1. The second-order valence-corrected chi connectivity index (χ2v) is 3.23. The molecule has 3 heteroatoms. The Morgan fingerprint density at radius 2 is 2.45 bits per heavy atom. The monoisotopic (exact) mass is 157 g/mol. The molecular weight excluding hydrogens is 142 g/mol. The van der Waals surface area contributed by atoms with E-state index in [9.17, 15) is 4.79 Å². The van der Waals surface area contributed by atoms with Gasteiger partial charge in [0.1, 0.15) is 0 Å². The minimum atomic E-state index is -0.668. The van der Waals surface area contributed by atoms with Crippen LogP contribution in [0.25, 0.3) is 0 Å². The van der Waals surface area contributed by atoms with Gasteiger partial charge in [0.25, 0.3) is 0 Å². The lowest BCUT2D eigenvalue weighted by molar-refractivity contribution is -0.143. The highest BCUT2D eigenvalue weighted by Crippen LogP contribution is 2.19. The summed E-state index contributed by atoms with van der Waals surface area (Å²) in [6, 6.07) is 0. The van der Waals surface area contributed by atoms with Gasteiger partial charge in [-0.15, -0.1) is 0 Å². The van der Waals surface area contributed by atoms with Crippen molar-refractivity contribution >= 4 is 5.97 Å². The van der Waals surface area contributed by atoms with Crippen LogP contribution in [0.1, 0.15) is 19.8 Å². The number of hydrogen-bond acceptors (Lipinski definition) is 2. The van der Waals surface area contributed by atoms with Crippen molar-refractivity contribution in [3.8, 4) is 0 Å². The molecule has 11 heavy (non-hydrogen) atoms. The average Bonchev–Trinajstić information content (AvgIpc) is 2.05. The summed E-state index contributed by atoms with van der Waals surface area (Å²) in [7, 11) is 0. The first-order valence-corrected chi connectivity index (χ1v) is 4.15. The van der Waals surface area contributed by atoms with Gasteiger partial charge in [-0.25, -0.2) is 0 Å². The molecule has 1 heterocycles. The van der Waals surface area contributed by atoms with Gasteiger partial charge in [-0.05, 0) is 31.8 Å². The highest BCUT2D eigenvalue weighted by molar-refractivity contribution is 5.69. The third-order valence-electron chi connectivity index (χ3n) is 2.43. The SMILES string of the molecule is C[C@@H](C(=O)O)C1CCCNC1. The Morgan fingerprint density at radius 3 is 2.91 bits per heavy atom.